The van der Waals surface area contributed by atoms with E-state index >= 15 is 0 Å². The van der Waals surface area contributed by atoms with Gasteiger partial charge in [-0.2, -0.15) is 5.10 Å². The number of para-hydroxylation sites is 1. The summed E-state index contributed by atoms with van der Waals surface area (Å²) in [6, 6.07) is 22.0. The van der Waals surface area contributed by atoms with Crippen molar-refractivity contribution < 1.29 is 18.0 Å². The van der Waals surface area contributed by atoms with Gasteiger partial charge in [0.2, 0.25) is 0 Å². The first-order chi connectivity index (χ1) is 16.7. The van der Waals surface area contributed by atoms with Crippen molar-refractivity contribution in [3.63, 3.8) is 0 Å². The third-order valence-corrected chi connectivity index (χ3v) is 6.90. The van der Waals surface area contributed by atoms with E-state index in [0.717, 1.165) is 5.69 Å². The van der Waals surface area contributed by atoms with E-state index < -0.39 is 21.7 Å². The van der Waals surface area contributed by atoms with E-state index in [1.54, 1.807) is 55.8 Å². The van der Waals surface area contributed by atoms with Crippen LogP contribution in [0, 0.1) is 20.8 Å². The summed E-state index contributed by atoms with van der Waals surface area (Å²) in [5.41, 5.74) is 3.23. The number of anilines is 2. The van der Waals surface area contributed by atoms with Crippen LogP contribution in [-0.2, 0) is 14.8 Å². The summed E-state index contributed by atoms with van der Waals surface area (Å²) in [6.45, 7) is 5.15. The number of nitrogens with zero attached hydrogens (tertiary/aromatic N) is 2. The number of carbonyl (C=O) groups excluding carboxylic acids is 2. The summed E-state index contributed by atoms with van der Waals surface area (Å²) in [6.07, 6.45) is 0. The third kappa shape index (κ3) is 4.99. The highest BCUT2D eigenvalue weighted by atomic mass is 32.2. The highest BCUT2D eigenvalue weighted by Gasteiger charge is 2.25. The van der Waals surface area contributed by atoms with Gasteiger partial charge in [0.25, 0.3) is 21.7 Å². The molecule has 35 heavy (non-hydrogen) atoms. The van der Waals surface area contributed by atoms with Crippen LogP contribution in [0.15, 0.2) is 83.8 Å². The van der Waals surface area contributed by atoms with E-state index in [2.05, 4.69) is 15.1 Å². The summed E-state index contributed by atoms with van der Waals surface area (Å²) in [4.78, 5) is 26.0. The largest absolute Gasteiger partial charge is 0.319 e. The molecule has 4 aromatic rings. The maximum atomic E-state index is 13.0. The second kappa shape index (κ2) is 9.55. The summed E-state index contributed by atoms with van der Waals surface area (Å²) >= 11 is 0. The normalized spacial score (nSPS) is 11.2. The molecule has 0 saturated carbocycles. The number of rotatable bonds is 7. The molecule has 1 aromatic heterocycles. The highest BCUT2D eigenvalue weighted by Crippen LogP contribution is 2.24. The van der Waals surface area contributed by atoms with Gasteiger partial charge in [-0.05, 0) is 62.7 Å². The van der Waals surface area contributed by atoms with Gasteiger partial charge in [-0.1, -0.05) is 42.5 Å². The standard InChI is InChI=1S/C26H24N4O4S/c1-17-14-15-20(16-23(17)29-35(33,34)22-12-8-5-9-13-22)27-26(32)25(31)24-18(2)28-30(19(24)3)21-10-6-4-7-11-21/h4-16,29H,1-3H3,(H,27,32). The molecule has 0 aliphatic carbocycles. The molecule has 0 aliphatic heterocycles. The predicted molar refractivity (Wildman–Crippen MR) is 134 cm³/mol. The van der Waals surface area contributed by atoms with Crippen molar-refractivity contribution in [2.24, 2.45) is 0 Å². The Kier molecular flexibility index (Phi) is 6.52. The number of Topliss-reactive ketones (excluding diaryl/α,β-unsaturated/α-hetero) is 1. The number of sulfonamides is 1. The maximum Gasteiger partial charge on any atom is 0.296 e. The minimum Gasteiger partial charge on any atom is -0.319 e. The molecular formula is C26H24N4O4S. The van der Waals surface area contributed by atoms with Crippen molar-refractivity contribution >= 4 is 33.1 Å². The Morgan fingerprint density at radius 3 is 2.14 bits per heavy atom. The molecule has 0 saturated heterocycles. The zero-order valence-electron chi connectivity index (χ0n) is 19.4. The lowest BCUT2D eigenvalue weighted by Crippen LogP contribution is -2.24. The molecule has 2 N–H and O–H groups in total. The van der Waals surface area contributed by atoms with Crippen LogP contribution in [-0.4, -0.2) is 29.9 Å². The van der Waals surface area contributed by atoms with Crippen molar-refractivity contribution in [2.75, 3.05) is 10.0 Å². The molecule has 0 atom stereocenters. The Morgan fingerprint density at radius 2 is 1.49 bits per heavy atom. The van der Waals surface area contributed by atoms with E-state index in [1.807, 2.05) is 30.3 Å². The van der Waals surface area contributed by atoms with Gasteiger partial charge in [0.05, 0.1) is 33.2 Å². The van der Waals surface area contributed by atoms with Crippen molar-refractivity contribution in [3.8, 4) is 5.69 Å². The zero-order chi connectivity index (χ0) is 25.2. The first kappa shape index (κ1) is 23.9. The van der Waals surface area contributed by atoms with Gasteiger partial charge in [0.15, 0.2) is 0 Å². The van der Waals surface area contributed by atoms with Crippen LogP contribution < -0.4 is 10.0 Å². The minimum atomic E-state index is -3.82. The number of carbonyl (C=O) groups is 2. The summed E-state index contributed by atoms with van der Waals surface area (Å²) in [7, 11) is -3.82. The quantitative estimate of drug-likeness (QED) is 0.296. The van der Waals surface area contributed by atoms with Crippen molar-refractivity contribution in [3.05, 3.63) is 101 Å². The number of aromatic nitrogens is 2. The summed E-state index contributed by atoms with van der Waals surface area (Å²) in [5, 5.41) is 7.00. The fourth-order valence-corrected chi connectivity index (χ4v) is 4.85. The topological polar surface area (TPSA) is 110 Å². The molecule has 0 unspecified atom stereocenters. The van der Waals surface area contributed by atoms with Crippen LogP contribution in [0.5, 0.6) is 0 Å². The fourth-order valence-electron chi connectivity index (χ4n) is 3.71. The smallest absolute Gasteiger partial charge is 0.296 e. The number of benzene rings is 3. The van der Waals surface area contributed by atoms with Gasteiger partial charge >= 0.3 is 0 Å². The van der Waals surface area contributed by atoms with E-state index in [1.165, 1.54) is 18.2 Å². The van der Waals surface area contributed by atoms with Gasteiger partial charge < -0.3 is 5.32 Å². The van der Waals surface area contributed by atoms with Gasteiger partial charge in [0, 0.05) is 5.69 Å². The van der Waals surface area contributed by atoms with Crippen LogP contribution in [0.3, 0.4) is 0 Å². The van der Waals surface area contributed by atoms with Gasteiger partial charge in [-0.15, -0.1) is 0 Å². The number of aryl methyl sites for hydroxylation is 2. The Morgan fingerprint density at radius 1 is 0.857 bits per heavy atom. The average Bonchev–Trinajstić information content (AvgIpc) is 3.15. The number of nitrogens with one attached hydrogen (secondary N) is 2. The van der Waals surface area contributed by atoms with Crippen LogP contribution >= 0.6 is 0 Å². The van der Waals surface area contributed by atoms with Crippen LogP contribution in [0.25, 0.3) is 5.69 Å². The maximum absolute atomic E-state index is 13.0. The summed E-state index contributed by atoms with van der Waals surface area (Å²) in [5.74, 6) is -1.57. The third-order valence-electron chi connectivity index (χ3n) is 5.52. The molecular weight excluding hydrogens is 464 g/mol. The van der Waals surface area contributed by atoms with Crippen LogP contribution in [0.1, 0.15) is 27.3 Å². The van der Waals surface area contributed by atoms with Crippen molar-refractivity contribution in [1.29, 1.82) is 0 Å². The zero-order valence-corrected chi connectivity index (χ0v) is 20.3. The van der Waals surface area contributed by atoms with E-state index in [-0.39, 0.29) is 16.1 Å². The van der Waals surface area contributed by atoms with Gasteiger partial charge in [-0.3, -0.25) is 14.3 Å². The second-order valence-electron chi connectivity index (χ2n) is 8.02. The highest BCUT2D eigenvalue weighted by molar-refractivity contribution is 7.92. The number of hydrogen-bond acceptors (Lipinski definition) is 5. The number of hydrogen-bond donors (Lipinski definition) is 2. The first-order valence-electron chi connectivity index (χ1n) is 10.8. The van der Waals surface area contributed by atoms with Gasteiger partial charge in [0.1, 0.15) is 0 Å². The fraction of sp³-hybridized carbons (Fsp3) is 0.115. The lowest BCUT2D eigenvalue weighted by atomic mass is 10.1. The lowest BCUT2D eigenvalue weighted by Gasteiger charge is -2.13. The van der Waals surface area contributed by atoms with E-state index in [0.29, 0.717) is 22.6 Å². The number of ketones is 1. The Labute approximate surface area is 203 Å². The van der Waals surface area contributed by atoms with Crippen molar-refractivity contribution in [2.45, 2.75) is 25.7 Å². The molecule has 0 aliphatic rings. The Balaban J connectivity index is 1.56. The molecule has 9 heteroatoms. The molecule has 178 valence electrons. The predicted octanol–water partition coefficient (Wildman–Crippen LogP) is 4.42. The van der Waals surface area contributed by atoms with Crippen LogP contribution in [0.4, 0.5) is 11.4 Å². The first-order valence-corrected chi connectivity index (χ1v) is 12.3. The summed E-state index contributed by atoms with van der Waals surface area (Å²) < 4.78 is 29.6. The molecule has 1 heterocycles. The molecule has 0 bridgehead atoms. The molecule has 0 radical (unpaired) electrons. The van der Waals surface area contributed by atoms with Crippen LogP contribution in [0.2, 0.25) is 0 Å². The molecule has 8 nitrogen and oxygen atoms in total. The van der Waals surface area contributed by atoms with E-state index in [4.69, 9.17) is 0 Å². The lowest BCUT2D eigenvalue weighted by molar-refractivity contribution is -0.112. The molecule has 3 aromatic carbocycles. The molecule has 0 fully saturated rings. The average molecular weight is 489 g/mol. The van der Waals surface area contributed by atoms with E-state index in [9.17, 15) is 18.0 Å². The van der Waals surface area contributed by atoms with Gasteiger partial charge in [-0.25, -0.2) is 13.1 Å². The molecule has 0 spiro atoms. The number of amides is 1. The second-order valence-corrected chi connectivity index (χ2v) is 9.71. The Hall–Kier alpha value is -4.24. The molecule has 1 amide bonds. The monoisotopic (exact) mass is 488 g/mol. The molecule has 4 rings (SSSR count). The SMILES string of the molecule is Cc1ccc(NC(=O)C(=O)c2c(C)nn(-c3ccccc3)c2C)cc1NS(=O)(=O)c1ccccc1. The minimum absolute atomic E-state index is 0.116. The Bertz CT molecular complexity index is 1510. The van der Waals surface area contributed by atoms with Crippen molar-refractivity contribution in [1.82, 2.24) is 9.78 Å².